The van der Waals surface area contributed by atoms with Crippen LogP contribution in [0.15, 0.2) is 24.3 Å². The van der Waals surface area contributed by atoms with Gasteiger partial charge in [-0.2, -0.15) is 0 Å². The molecule has 2 aromatic rings. The normalized spacial score (nSPS) is 15.5. The fourth-order valence-electron chi connectivity index (χ4n) is 3.14. The van der Waals surface area contributed by atoms with Gasteiger partial charge in [0.2, 0.25) is 0 Å². The standard InChI is InChI=1S/C17H22N2O2/c1-3-17(4-2,16(20)21)11-15-18-13-7-5-6-8-14(13)19(15)12-9-10-12/h5-8,12H,3-4,9-11H2,1-2H3,(H,20,21). The van der Waals surface area contributed by atoms with Crippen molar-refractivity contribution in [1.29, 1.82) is 0 Å². The number of carboxylic acid groups (broad SMARTS) is 1. The number of nitrogens with zero attached hydrogens (tertiary/aromatic N) is 2. The Morgan fingerprint density at radius 1 is 1.33 bits per heavy atom. The van der Waals surface area contributed by atoms with E-state index in [-0.39, 0.29) is 0 Å². The van der Waals surface area contributed by atoms with Crippen LogP contribution < -0.4 is 0 Å². The quantitative estimate of drug-likeness (QED) is 0.878. The van der Waals surface area contributed by atoms with E-state index in [2.05, 4.69) is 10.6 Å². The molecule has 1 aromatic carbocycles. The Bertz CT molecular complexity index is 666. The third-order valence-electron chi connectivity index (χ3n) is 4.88. The number of carboxylic acids is 1. The van der Waals surface area contributed by atoms with E-state index in [0.29, 0.717) is 25.3 Å². The van der Waals surface area contributed by atoms with Crippen molar-refractivity contribution in [2.24, 2.45) is 5.41 Å². The Morgan fingerprint density at radius 2 is 2.00 bits per heavy atom. The second-order valence-corrected chi connectivity index (χ2v) is 6.09. The van der Waals surface area contributed by atoms with Crippen molar-refractivity contribution in [1.82, 2.24) is 9.55 Å². The summed E-state index contributed by atoms with van der Waals surface area (Å²) in [5.74, 6) is 0.228. The van der Waals surface area contributed by atoms with Gasteiger partial charge in [-0.3, -0.25) is 4.79 Å². The van der Waals surface area contributed by atoms with Gasteiger partial charge in [0, 0.05) is 12.5 Å². The van der Waals surface area contributed by atoms with Gasteiger partial charge in [-0.05, 0) is 37.8 Å². The fourth-order valence-corrected chi connectivity index (χ4v) is 3.14. The number of imidazole rings is 1. The highest BCUT2D eigenvalue weighted by Crippen LogP contribution is 2.41. The zero-order chi connectivity index (χ0) is 15.0. The number of aromatic nitrogens is 2. The largest absolute Gasteiger partial charge is 0.481 e. The summed E-state index contributed by atoms with van der Waals surface area (Å²) in [6, 6.07) is 8.62. The van der Waals surface area contributed by atoms with Crippen molar-refractivity contribution >= 4 is 17.0 Å². The van der Waals surface area contributed by atoms with E-state index in [0.717, 1.165) is 16.9 Å². The molecule has 0 spiro atoms. The van der Waals surface area contributed by atoms with Gasteiger partial charge in [0.1, 0.15) is 5.82 Å². The van der Waals surface area contributed by atoms with Crippen molar-refractivity contribution in [3.05, 3.63) is 30.1 Å². The van der Waals surface area contributed by atoms with Crippen LogP contribution in [0.5, 0.6) is 0 Å². The molecule has 0 amide bonds. The van der Waals surface area contributed by atoms with Crippen LogP contribution in [-0.4, -0.2) is 20.6 Å². The first-order chi connectivity index (χ1) is 10.1. The lowest BCUT2D eigenvalue weighted by Gasteiger charge is -2.26. The number of hydrogen-bond acceptors (Lipinski definition) is 2. The summed E-state index contributed by atoms with van der Waals surface area (Å²) in [6.07, 6.45) is 4.12. The predicted octanol–water partition coefficient (Wildman–Crippen LogP) is 3.80. The first kappa shape index (κ1) is 14.1. The van der Waals surface area contributed by atoms with Gasteiger partial charge in [-0.15, -0.1) is 0 Å². The molecule has 0 bridgehead atoms. The summed E-state index contributed by atoms with van der Waals surface area (Å²) in [5.41, 5.74) is 1.42. The lowest BCUT2D eigenvalue weighted by molar-refractivity contribution is -0.149. The second-order valence-electron chi connectivity index (χ2n) is 6.09. The summed E-state index contributed by atoms with van der Waals surface area (Å²) < 4.78 is 2.28. The highest BCUT2D eigenvalue weighted by molar-refractivity contribution is 5.78. The molecule has 1 saturated carbocycles. The number of aliphatic carboxylic acids is 1. The van der Waals surface area contributed by atoms with Gasteiger partial charge < -0.3 is 9.67 Å². The van der Waals surface area contributed by atoms with Crippen LogP contribution in [0.1, 0.15) is 51.4 Å². The number of carbonyl (C=O) groups is 1. The second kappa shape index (κ2) is 5.17. The molecule has 1 N–H and O–H groups in total. The first-order valence-corrected chi connectivity index (χ1v) is 7.80. The van der Waals surface area contributed by atoms with Crippen LogP contribution in [0.2, 0.25) is 0 Å². The molecule has 0 atom stereocenters. The summed E-state index contributed by atoms with van der Waals surface area (Å²) in [5, 5.41) is 9.67. The Hall–Kier alpha value is -1.84. The van der Waals surface area contributed by atoms with Crippen LogP contribution >= 0.6 is 0 Å². The van der Waals surface area contributed by atoms with Crippen LogP contribution in [0.4, 0.5) is 0 Å². The maximum Gasteiger partial charge on any atom is 0.310 e. The van der Waals surface area contributed by atoms with Gasteiger partial charge in [-0.1, -0.05) is 26.0 Å². The molecule has 0 radical (unpaired) electrons. The molecule has 112 valence electrons. The molecule has 0 aliphatic heterocycles. The minimum atomic E-state index is -0.707. The monoisotopic (exact) mass is 286 g/mol. The molecule has 4 heteroatoms. The van der Waals surface area contributed by atoms with Crippen LogP contribution in [0.3, 0.4) is 0 Å². The number of benzene rings is 1. The molecule has 4 nitrogen and oxygen atoms in total. The molecule has 0 unspecified atom stereocenters. The van der Waals surface area contributed by atoms with Gasteiger partial charge in [0.25, 0.3) is 0 Å². The van der Waals surface area contributed by atoms with Crippen LogP contribution in [0.25, 0.3) is 11.0 Å². The Balaban J connectivity index is 2.07. The topological polar surface area (TPSA) is 55.1 Å². The van der Waals surface area contributed by atoms with Gasteiger partial charge >= 0.3 is 5.97 Å². The summed E-state index contributed by atoms with van der Waals surface area (Å²) in [7, 11) is 0. The van der Waals surface area contributed by atoms with Crippen LogP contribution in [0, 0.1) is 5.41 Å². The van der Waals surface area contributed by atoms with E-state index < -0.39 is 11.4 Å². The van der Waals surface area contributed by atoms with Crippen molar-refractivity contribution in [3.8, 4) is 0 Å². The SMILES string of the molecule is CCC(CC)(Cc1nc2ccccc2n1C1CC1)C(=O)O. The maximum absolute atomic E-state index is 11.8. The zero-order valence-corrected chi connectivity index (χ0v) is 12.7. The van der Waals surface area contributed by atoms with Crippen molar-refractivity contribution in [2.75, 3.05) is 0 Å². The lowest BCUT2D eigenvalue weighted by Crippen LogP contribution is -2.33. The Labute approximate surface area is 124 Å². The molecular weight excluding hydrogens is 264 g/mol. The summed E-state index contributed by atoms with van der Waals surface area (Å²) in [6.45, 7) is 3.92. The minimum absolute atomic E-state index is 0.507. The summed E-state index contributed by atoms with van der Waals surface area (Å²) >= 11 is 0. The third kappa shape index (κ3) is 2.33. The van der Waals surface area contributed by atoms with E-state index in [9.17, 15) is 9.90 Å². The van der Waals surface area contributed by atoms with Crippen LogP contribution in [-0.2, 0) is 11.2 Å². The van der Waals surface area contributed by atoms with E-state index in [4.69, 9.17) is 4.98 Å². The fraction of sp³-hybridized carbons (Fsp3) is 0.529. The average Bonchev–Trinajstić information content (AvgIpc) is 3.25. The number of fused-ring (bicyclic) bond motifs is 1. The van der Waals surface area contributed by atoms with E-state index in [1.165, 1.54) is 12.8 Å². The molecule has 3 rings (SSSR count). The Kier molecular flexibility index (Phi) is 3.47. The molecule has 1 aromatic heterocycles. The predicted molar refractivity (Wildman–Crippen MR) is 82.4 cm³/mol. The smallest absolute Gasteiger partial charge is 0.310 e. The highest BCUT2D eigenvalue weighted by Gasteiger charge is 2.38. The zero-order valence-electron chi connectivity index (χ0n) is 12.7. The Morgan fingerprint density at radius 3 is 2.57 bits per heavy atom. The van der Waals surface area contributed by atoms with Crippen molar-refractivity contribution in [2.45, 2.75) is 52.0 Å². The molecular formula is C17H22N2O2. The number of para-hydroxylation sites is 2. The number of rotatable bonds is 6. The average molecular weight is 286 g/mol. The molecule has 0 saturated heterocycles. The van der Waals surface area contributed by atoms with Gasteiger partial charge in [0.05, 0.1) is 16.4 Å². The number of hydrogen-bond donors (Lipinski definition) is 1. The lowest BCUT2D eigenvalue weighted by atomic mass is 9.79. The molecule has 1 aliphatic rings. The first-order valence-electron chi connectivity index (χ1n) is 7.80. The maximum atomic E-state index is 11.8. The van der Waals surface area contributed by atoms with E-state index in [1.807, 2.05) is 32.0 Å². The third-order valence-corrected chi connectivity index (χ3v) is 4.88. The molecule has 1 fully saturated rings. The molecule has 21 heavy (non-hydrogen) atoms. The van der Waals surface area contributed by atoms with E-state index >= 15 is 0 Å². The highest BCUT2D eigenvalue weighted by atomic mass is 16.4. The van der Waals surface area contributed by atoms with Crippen molar-refractivity contribution in [3.63, 3.8) is 0 Å². The molecule has 1 aliphatic carbocycles. The van der Waals surface area contributed by atoms with Gasteiger partial charge in [-0.25, -0.2) is 4.98 Å². The van der Waals surface area contributed by atoms with Gasteiger partial charge in [0.15, 0.2) is 0 Å². The molecule has 1 heterocycles. The minimum Gasteiger partial charge on any atom is -0.481 e. The van der Waals surface area contributed by atoms with E-state index in [1.54, 1.807) is 0 Å². The van der Waals surface area contributed by atoms with Crippen molar-refractivity contribution < 1.29 is 9.90 Å². The summed E-state index contributed by atoms with van der Waals surface area (Å²) in [4.78, 5) is 16.5.